The van der Waals surface area contributed by atoms with Gasteiger partial charge in [-0.25, -0.2) is 0 Å². The predicted molar refractivity (Wildman–Crippen MR) is 84.4 cm³/mol. The fraction of sp³-hybridized carbons (Fsp3) is 0.471. The summed E-state index contributed by atoms with van der Waals surface area (Å²) in [7, 11) is 0. The Hall–Kier alpha value is -1.81. The van der Waals surface area contributed by atoms with Gasteiger partial charge in [-0.1, -0.05) is 12.7 Å². The quantitative estimate of drug-likeness (QED) is 0.847. The highest BCUT2D eigenvalue weighted by atomic mass is 16.5. The Morgan fingerprint density at radius 1 is 1.52 bits per heavy atom. The third-order valence-electron chi connectivity index (χ3n) is 3.96. The first-order chi connectivity index (χ1) is 10.1. The largest absolute Gasteiger partial charge is 0.490 e. The van der Waals surface area contributed by atoms with Crippen LogP contribution < -0.4 is 10.5 Å². The van der Waals surface area contributed by atoms with Crippen LogP contribution in [0, 0.1) is 5.92 Å². The van der Waals surface area contributed by atoms with Crippen molar-refractivity contribution in [3.63, 3.8) is 0 Å². The van der Waals surface area contributed by atoms with E-state index in [9.17, 15) is 4.79 Å². The maximum Gasteiger partial charge on any atom is 0.253 e. The molecule has 0 aliphatic carbocycles. The van der Waals surface area contributed by atoms with Crippen molar-refractivity contribution >= 4 is 5.91 Å². The molecule has 0 aromatic heterocycles. The van der Waals surface area contributed by atoms with Crippen LogP contribution in [0.15, 0.2) is 36.9 Å². The normalized spacial score (nSPS) is 19.9. The maximum absolute atomic E-state index is 12.5. The Bertz CT molecular complexity index is 482. The molecule has 0 spiro atoms. The highest BCUT2D eigenvalue weighted by Gasteiger charge is 2.26. The van der Waals surface area contributed by atoms with Crippen LogP contribution in [0.1, 0.15) is 30.1 Å². The topological polar surface area (TPSA) is 55.6 Å². The molecule has 2 rings (SSSR count). The molecule has 0 saturated carbocycles. The van der Waals surface area contributed by atoms with Gasteiger partial charge in [0.25, 0.3) is 5.91 Å². The Morgan fingerprint density at radius 3 is 2.86 bits per heavy atom. The smallest absolute Gasteiger partial charge is 0.253 e. The molecule has 0 radical (unpaired) electrons. The Labute approximate surface area is 126 Å². The van der Waals surface area contributed by atoms with E-state index in [1.54, 1.807) is 6.08 Å². The monoisotopic (exact) mass is 288 g/mol. The molecule has 2 unspecified atom stereocenters. The lowest BCUT2D eigenvalue weighted by molar-refractivity contribution is 0.0661. The molecular weight excluding hydrogens is 264 g/mol. The zero-order valence-electron chi connectivity index (χ0n) is 12.6. The molecule has 1 aromatic carbocycles. The minimum Gasteiger partial charge on any atom is -0.490 e. The van der Waals surface area contributed by atoms with Gasteiger partial charge in [0, 0.05) is 24.7 Å². The average Bonchev–Trinajstić information content (AvgIpc) is 2.53. The Morgan fingerprint density at radius 2 is 2.24 bits per heavy atom. The van der Waals surface area contributed by atoms with Crippen LogP contribution in [0.2, 0.25) is 0 Å². The van der Waals surface area contributed by atoms with Gasteiger partial charge in [-0.3, -0.25) is 4.79 Å². The first kappa shape index (κ1) is 15.6. The molecule has 4 heteroatoms. The minimum absolute atomic E-state index is 0.0793. The van der Waals surface area contributed by atoms with Crippen molar-refractivity contribution in [2.24, 2.45) is 11.7 Å². The fourth-order valence-corrected chi connectivity index (χ4v) is 2.66. The second-order valence-corrected chi connectivity index (χ2v) is 5.64. The minimum atomic E-state index is 0.0793. The highest BCUT2D eigenvalue weighted by Crippen LogP contribution is 2.21. The number of likely N-dealkylation sites (tertiary alicyclic amines) is 1. The van der Waals surface area contributed by atoms with Crippen LogP contribution in [0.4, 0.5) is 0 Å². The number of hydrogen-bond donors (Lipinski definition) is 1. The van der Waals surface area contributed by atoms with Gasteiger partial charge in [-0.05, 0) is 49.9 Å². The molecule has 2 N–H and O–H groups in total. The van der Waals surface area contributed by atoms with Crippen molar-refractivity contribution in [3.05, 3.63) is 42.5 Å². The van der Waals surface area contributed by atoms with Crippen molar-refractivity contribution in [1.82, 2.24) is 4.90 Å². The third-order valence-corrected chi connectivity index (χ3v) is 3.96. The first-order valence-electron chi connectivity index (χ1n) is 7.50. The summed E-state index contributed by atoms with van der Waals surface area (Å²) in [5.74, 6) is 1.23. The molecule has 1 aliphatic heterocycles. The average molecular weight is 288 g/mol. The first-order valence-corrected chi connectivity index (χ1v) is 7.50. The molecule has 2 atom stereocenters. The van der Waals surface area contributed by atoms with Crippen LogP contribution in [-0.4, -0.2) is 36.5 Å². The lowest BCUT2D eigenvalue weighted by Crippen LogP contribution is -2.45. The Balaban J connectivity index is 2.00. The summed E-state index contributed by atoms with van der Waals surface area (Å²) in [6.07, 6.45) is 3.83. The van der Waals surface area contributed by atoms with Gasteiger partial charge >= 0.3 is 0 Å². The number of hydrogen-bond acceptors (Lipinski definition) is 3. The van der Waals surface area contributed by atoms with Crippen molar-refractivity contribution in [2.45, 2.75) is 25.8 Å². The molecule has 1 aliphatic rings. The van der Waals surface area contributed by atoms with Crippen molar-refractivity contribution < 1.29 is 9.53 Å². The summed E-state index contributed by atoms with van der Waals surface area (Å²) >= 11 is 0. The summed E-state index contributed by atoms with van der Waals surface area (Å²) in [6, 6.07) is 7.41. The lowest BCUT2D eigenvalue weighted by Gasteiger charge is -2.34. The molecule has 1 saturated heterocycles. The molecule has 114 valence electrons. The fourth-order valence-electron chi connectivity index (χ4n) is 2.66. The van der Waals surface area contributed by atoms with Gasteiger partial charge in [0.1, 0.15) is 12.4 Å². The number of carbonyl (C=O) groups is 1. The van der Waals surface area contributed by atoms with E-state index in [1.807, 2.05) is 36.1 Å². The number of piperidine rings is 1. The van der Waals surface area contributed by atoms with Crippen molar-refractivity contribution in [2.75, 3.05) is 19.7 Å². The molecule has 21 heavy (non-hydrogen) atoms. The van der Waals surface area contributed by atoms with Gasteiger partial charge in [-0.15, -0.1) is 0 Å². The van der Waals surface area contributed by atoms with E-state index in [4.69, 9.17) is 10.5 Å². The van der Waals surface area contributed by atoms with Crippen molar-refractivity contribution in [1.29, 1.82) is 0 Å². The van der Waals surface area contributed by atoms with Gasteiger partial charge < -0.3 is 15.4 Å². The van der Waals surface area contributed by atoms with Crippen LogP contribution >= 0.6 is 0 Å². The van der Waals surface area contributed by atoms with E-state index >= 15 is 0 Å². The van der Waals surface area contributed by atoms with Gasteiger partial charge in [0.05, 0.1) is 0 Å². The van der Waals surface area contributed by atoms with E-state index < -0.39 is 0 Å². The number of carbonyl (C=O) groups excluding carboxylic acids is 1. The zero-order valence-corrected chi connectivity index (χ0v) is 12.6. The number of amides is 1. The second kappa shape index (κ2) is 7.27. The lowest BCUT2D eigenvalue weighted by atomic mass is 9.92. The molecular formula is C17H24N2O2. The van der Waals surface area contributed by atoms with E-state index in [-0.39, 0.29) is 11.9 Å². The standard InChI is InChI=1S/C17H24N2O2/c1-3-11-21-16-8-6-14(7-9-16)17(20)19-10-4-5-15(12-19)13(2)18/h3,6-9,13,15H,1,4-5,10-12,18H2,2H3. The van der Waals surface area contributed by atoms with E-state index in [0.29, 0.717) is 18.1 Å². The van der Waals surface area contributed by atoms with Crippen LogP contribution in [0.3, 0.4) is 0 Å². The number of benzene rings is 1. The van der Waals surface area contributed by atoms with Crippen LogP contribution in [0.5, 0.6) is 5.75 Å². The SMILES string of the molecule is C=CCOc1ccc(C(=O)N2CCCC(C(C)N)C2)cc1. The number of rotatable bonds is 5. The number of nitrogens with two attached hydrogens (primary N) is 1. The highest BCUT2D eigenvalue weighted by molar-refractivity contribution is 5.94. The van der Waals surface area contributed by atoms with Crippen LogP contribution in [-0.2, 0) is 0 Å². The Kier molecular flexibility index (Phi) is 5.39. The van der Waals surface area contributed by atoms with E-state index in [1.165, 1.54) is 0 Å². The molecule has 1 fully saturated rings. The molecule has 1 amide bonds. The van der Waals surface area contributed by atoms with Gasteiger partial charge in [-0.2, -0.15) is 0 Å². The van der Waals surface area contributed by atoms with Gasteiger partial charge in [0.2, 0.25) is 0 Å². The third kappa shape index (κ3) is 4.08. The molecule has 0 bridgehead atoms. The van der Waals surface area contributed by atoms with E-state index in [0.717, 1.165) is 31.7 Å². The summed E-state index contributed by atoms with van der Waals surface area (Å²) < 4.78 is 5.42. The zero-order chi connectivity index (χ0) is 15.2. The van der Waals surface area contributed by atoms with E-state index in [2.05, 4.69) is 6.58 Å². The molecule has 4 nitrogen and oxygen atoms in total. The molecule has 1 aromatic rings. The summed E-state index contributed by atoms with van der Waals surface area (Å²) in [5.41, 5.74) is 6.67. The van der Waals surface area contributed by atoms with Crippen LogP contribution in [0.25, 0.3) is 0 Å². The number of ether oxygens (including phenoxy) is 1. The number of nitrogens with zero attached hydrogens (tertiary/aromatic N) is 1. The van der Waals surface area contributed by atoms with Gasteiger partial charge in [0.15, 0.2) is 0 Å². The maximum atomic E-state index is 12.5. The molecule has 1 heterocycles. The summed E-state index contributed by atoms with van der Waals surface area (Å²) in [6.45, 7) is 7.67. The predicted octanol–water partition coefficient (Wildman–Crippen LogP) is 2.45. The second-order valence-electron chi connectivity index (χ2n) is 5.64. The summed E-state index contributed by atoms with van der Waals surface area (Å²) in [5, 5.41) is 0. The van der Waals surface area contributed by atoms with Crippen molar-refractivity contribution in [3.8, 4) is 5.75 Å². The summed E-state index contributed by atoms with van der Waals surface area (Å²) in [4.78, 5) is 14.4.